The number of benzene rings is 1. The second kappa shape index (κ2) is 7.80. The maximum Gasteiger partial charge on any atom is 0.338 e. The molecule has 0 amide bonds. The molecule has 0 radical (unpaired) electrons. The van der Waals surface area contributed by atoms with E-state index in [1.807, 2.05) is 0 Å². The van der Waals surface area contributed by atoms with Crippen LogP contribution in [-0.4, -0.2) is 42.5 Å². The number of hydrogen-bond acceptors (Lipinski definition) is 5. The zero-order valence-corrected chi connectivity index (χ0v) is 16.2. The highest BCUT2D eigenvalue weighted by Gasteiger charge is 2.50. The third kappa shape index (κ3) is 4.30. The number of aliphatic hydroxyl groups excluding tert-OH is 1. The first kappa shape index (κ1) is 18.8. The molecule has 4 fully saturated rings. The maximum atomic E-state index is 11.7. The third-order valence-corrected chi connectivity index (χ3v) is 6.56. The average Bonchev–Trinajstić information content (AvgIpc) is 2.64. The van der Waals surface area contributed by atoms with Crippen molar-refractivity contribution in [3.63, 3.8) is 0 Å². The number of carbonyl (C=O) groups excluding carboxylic acids is 1. The highest BCUT2D eigenvalue weighted by molar-refractivity contribution is 5.89. The Morgan fingerprint density at radius 3 is 2.30 bits per heavy atom. The summed E-state index contributed by atoms with van der Waals surface area (Å²) in [6.45, 7) is 2.97. The van der Waals surface area contributed by atoms with Crippen LogP contribution >= 0.6 is 0 Å². The Morgan fingerprint density at radius 1 is 1.15 bits per heavy atom. The van der Waals surface area contributed by atoms with Gasteiger partial charge in [0.25, 0.3) is 0 Å². The van der Waals surface area contributed by atoms with Crippen LogP contribution < -0.4 is 10.1 Å². The second-order valence-corrected chi connectivity index (χ2v) is 8.79. The van der Waals surface area contributed by atoms with Crippen molar-refractivity contribution < 1.29 is 19.4 Å². The number of rotatable bonds is 8. The fourth-order valence-corrected chi connectivity index (χ4v) is 5.81. The van der Waals surface area contributed by atoms with E-state index in [-0.39, 0.29) is 18.1 Å². The molecule has 5 nitrogen and oxygen atoms in total. The van der Waals surface area contributed by atoms with Crippen LogP contribution in [0.3, 0.4) is 0 Å². The smallest absolute Gasteiger partial charge is 0.338 e. The van der Waals surface area contributed by atoms with Gasteiger partial charge >= 0.3 is 5.97 Å². The zero-order valence-electron chi connectivity index (χ0n) is 16.2. The van der Waals surface area contributed by atoms with Gasteiger partial charge in [0.1, 0.15) is 18.5 Å². The standard InChI is InChI=1S/C22H31NO4/c1-2-26-21(25)18-3-5-20(6-4-18)27-14-19(24)13-23-22-10-15-7-16(11-22)9-17(8-15)12-22/h3-6,15-17,19,23-24H,2,7-14H2,1H3/t15?,16?,17?,19-,22?/m1/s1. The fourth-order valence-electron chi connectivity index (χ4n) is 5.81. The Morgan fingerprint density at radius 2 is 1.74 bits per heavy atom. The molecular weight excluding hydrogens is 342 g/mol. The molecule has 5 heteroatoms. The third-order valence-electron chi connectivity index (χ3n) is 6.56. The Bertz CT molecular complexity index is 621. The molecule has 148 valence electrons. The molecular formula is C22H31NO4. The number of hydrogen-bond donors (Lipinski definition) is 2. The summed E-state index contributed by atoms with van der Waals surface area (Å²) in [4.78, 5) is 11.7. The van der Waals surface area contributed by atoms with Gasteiger partial charge in [-0.15, -0.1) is 0 Å². The summed E-state index contributed by atoms with van der Waals surface area (Å²) in [6.07, 6.45) is 7.57. The molecule has 0 spiro atoms. The van der Waals surface area contributed by atoms with Crippen LogP contribution in [0.5, 0.6) is 5.75 Å². The zero-order chi connectivity index (χ0) is 18.9. The molecule has 0 unspecified atom stereocenters. The van der Waals surface area contributed by atoms with Crippen LogP contribution in [0.15, 0.2) is 24.3 Å². The van der Waals surface area contributed by atoms with E-state index in [4.69, 9.17) is 9.47 Å². The largest absolute Gasteiger partial charge is 0.491 e. The SMILES string of the molecule is CCOC(=O)c1ccc(OC[C@H](O)CNC23CC4CC(CC(C4)C2)C3)cc1. The van der Waals surface area contributed by atoms with Crippen molar-refractivity contribution in [3.05, 3.63) is 29.8 Å². The average molecular weight is 373 g/mol. The van der Waals surface area contributed by atoms with Gasteiger partial charge in [-0.05, 0) is 87.5 Å². The van der Waals surface area contributed by atoms with E-state index in [0.29, 0.717) is 24.5 Å². The monoisotopic (exact) mass is 373 g/mol. The molecule has 0 heterocycles. The maximum absolute atomic E-state index is 11.7. The van der Waals surface area contributed by atoms with Gasteiger partial charge in [-0.25, -0.2) is 4.79 Å². The Kier molecular flexibility index (Phi) is 5.42. The van der Waals surface area contributed by atoms with Gasteiger partial charge in [0.05, 0.1) is 12.2 Å². The lowest BCUT2D eigenvalue weighted by Crippen LogP contribution is -2.59. The summed E-state index contributed by atoms with van der Waals surface area (Å²) in [5.74, 6) is 3.01. The molecule has 5 rings (SSSR count). The molecule has 4 aliphatic carbocycles. The molecule has 0 aromatic heterocycles. The number of aliphatic hydroxyl groups is 1. The van der Waals surface area contributed by atoms with E-state index >= 15 is 0 Å². The van der Waals surface area contributed by atoms with Crippen molar-refractivity contribution in [3.8, 4) is 5.75 Å². The quantitative estimate of drug-likeness (QED) is 0.685. The van der Waals surface area contributed by atoms with Crippen LogP contribution in [-0.2, 0) is 4.74 Å². The molecule has 27 heavy (non-hydrogen) atoms. The lowest BCUT2D eigenvalue weighted by Gasteiger charge is -2.57. The molecule has 0 saturated heterocycles. The van der Waals surface area contributed by atoms with Gasteiger partial charge in [0.15, 0.2) is 0 Å². The number of nitrogens with one attached hydrogen (secondary N) is 1. The minimum Gasteiger partial charge on any atom is -0.491 e. The minimum atomic E-state index is -0.539. The molecule has 4 saturated carbocycles. The lowest BCUT2D eigenvalue weighted by molar-refractivity contribution is -0.0266. The molecule has 2 N–H and O–H groups in total. The first-order valence-corrected chi connectivity index (χ1v) is 10.4. The van der Waals surface area contributed by atoms with Crippen molar-refractivity contribution in [2.45, 2.75) is 57.1 Å². The van der Waals surface area contributed by atoms with E-state index in [1.165, 1.54) is 38.5 Å². The minimum absolute atomic E-state index is 0.248. The Balaban J connectivity index is 1.23. The van der Waals surface area contributed by atoms with E-state index in [9.17, 15) is 9.90 Å². The van der Waals surface area contributed by atoms with Gasteiger partial charge in [-0.2, -0.15) is 0 Å². The van der Waals surface area contributed by atoms with E-state index in [0.717, 1.165) is 17.8 Å². The normalized spacial score (nSPS) is 32.3. The van der Waals surface area contributed by atoms with Crippen LogP contribution in [0.2, 0.25) is 0 Å². The van der Waals surface area contributed by atoms with Crippen molar-refractivity contribution in [2.24, 2.45) is 17.8 Å². The van der Waals surface area contributed by atoms with Gasteiger partial charge in [0, 0.05) is 12.1 Å². The van der Waals surface area contributed by atoms with Crippen molar-refractivity contribution in [2.75, 3.05) is 19.8 Å². The van der Waals surface area contributed by atoms with Crippen molar-refractivity contribution in [1.82, 2.24) is 5.32 Å². The predicted octanol–water partition coefficient (Wildman–Crippen LogP) is 3.16. The van der Waals surface area contributed by atoms with Crippen LogP contribution in [0.1, 0.15) is 55.8 Å². The van der Waals surface area contributed by atoms with Gasteiger partial charge in [-0.1, -0.05) is 0 Å². The summed E-state index contributed by atoms with van der Waals surface area (Å²) in [7, 11) is 0. The van der Waals surface area contributed by atoms with Gasteiger partial charge in [-0.3, -0.25) is 0 Å². The Labute approximate surface area is 161 Å². The highest BCUT2D eigenvalue weighted by Crippen LogP contribution is 2.55. The molecule has 1 atom stereocenters. The summed E-state index contributed by atoms with van der Waals surface area (Å²) >= 11 is 0. The molecule has 4 aliphatic rings. The fraction of sp³-hybridized carbons (Fsp3) is 0.682. The lowest BCUT2D eigenvalue weighted by atomic mass is 9.53. The van der Waals surface area contributed by atoms with E-state index < -0.39 is 6.10 Å². The second-order valence-electron chi connectivity index (χ2n) is 8.79. The summed E-state index contributed by atoms with van der Waals surface area (Å²) in [6, 6.07) is 6.86. The molecule has 0 aliphatic heterocycles. The summed E-state index contributed by atoms with van der Waals surface area (Å²) in [5.41, 5.74) is 0.769. The van der Waals surface area contributed by atoms with Crippen LogP contribution in [0, 0.1) is 17.8 Å². The Hall–Kier alpha value is -1.59. The number of ether oxygens (including phenoxy) is 2. The van der Waals surface area contributed by atoms with Gasteiger partial charge < -0.3 is 19.9 Å². The number of esters is 1. The van der Waals surface area contributed by atoms with Crippen molar-refractivity contribution >= 4 is 5.97 Å². The predicted molar refractivity (Wildman–Crippen MR) is 103 cm³/mol. The van der Waals surface area contributed by atoms with E-state index in [2.05, 4.69) is 5.32 Å². The summed E-state index contributed by atoms with van der Waals surface area (Å²) < 4.78 is 10.7. The first-order chi connectivity index (χ1) is 13.0. The van der Waals surface area contributed by atoms with E-state index in [1.54, 1.807) is 31.2 Å². The number of β-amino-alcohol motifs (C(OH)–C–C–N with tert-alkyl or cyclic N) is 1. The highest BCUT2D eigenvalue weighted by atomic mass is 16.5. The van der Waals surface area contributed by atoms with Gasteiger partial charge in [0.2, 0.25) is 0 Å². The molecule has 1 aromatic rings. The van der Waals surface area contributed by atoms with Crippen LogP contribution in [0.4, 0.5) is 0 Å². The first-order valence-electron chi connectivity index (χ1n) is 10.4. The van der Waals surface area contributed by atoms with Crippen molar-refractivity contribution in [1.29, 1.82) is 0 Å². The molecule has 1 aromatic carbocycles. The number of carbonyl (C=O) groups is 1. The molecule has 4 bridgehead atoms. The summed E-state index contributed by atoms with van der Waals surface area (Å²) in [5, 5.41) is 14.1. The van der Waals surface area contributed by atoms with Crippen LogP contribution in [0.25, 0.3) is 0 Å². The topological polar surface area (TPSA) is 67.8 Å².